The lowest BCUT2D eigenvalue weighted by atomic mass is 9.90. The minimum atomic E-state index is 0. The molecule has 6 heteroatoms. The van der Waals surface area contributed by atoms with Crippen molar-refractivity contribution in [2.75, 3.05) is 45.9 Å². The summed E-state index contributed by atoms with van der Waals surface area (Å²) in [5.74, 6) is 1.58. The Hall–Kier alpha value is -1.30. The average molecular weight is 366 g/mol. The van der Waals surface area contributed by atoms with Crippen LogP contribution in [0.25, 0.3) is 0 Å². The van der Waals surface area contributed by atoms with Crippen LogP contribution in [0.1, 0.15) is 30.7 Å². The molecule has 0 saturated carbocycles. The third-order valence-corrected chi connectivity index (χ3v) is 5.69. The number of hydrogen-bond donors (Lipinski definition) is 1. The summed E-state index contributed by atoms with van der Waals surface area (Å²) < 4.78 is 5.72. The Kier molecular flexibility index (Phi) is 6.20. The van der Waals surface area contributed by atoms with Gasteiger partial charge in [0.1, 0.15) is 5.75 Å². The molecule has 1 N–H and O–H groups in total. The molecule has 138 valence electrons. The predicted molar refractivity (Wildman–Crippen MR) is 101 cm³/mol. The first-order valence-corrected chi connectivity index (χ1v) is 9.25. The smallest absolute Gasteiger partial charge is 0.223 e. The van der Waals surface area contributed by atoms with Gasteiger partial charge in [-0.05, 0) is 30.4 Å². The lowest BCUT2D eigenvalue weighted by Gasteiger charge is -2.32. The van der Waals surface area contributed by atoms with E-state index in [-0.39, 0.29) is 12.4 Å². The fraction of sp³-hybridized carbons (Fsp3) is 0.632. The number of benzene rings is 1. The Balaban J connectivity index is 0.00000182. The molecule has 1 amide bonds. The monoisotopic (exact) mass is 365 g/mol. The molecule has 0 spiro atoms. The van der Waals surface area contributed by atoms with Crippen molar-refractivity contribution < 1.29 is 9.53 Å². The van der Waals surface area contributed by atoms with Gasteiger partial charge in [0, 0.05) is 51.7 Å². The van der Waals surface area contributed by atoms with Gasteiger partial charge >= 0.3 is 0 Å². The molecule has 4 rings (SSSR count). The molecular formula is C19H28ClN3O2. The van der Waals surface area contributed by atoms with Crippen LogP contribution in [-0.4, -0.2) is 67.6 Å². The van der Waals surface area contributed by atoms with E-state index in [9.17, 15) is 4.79 Å². The summed E-state index contributed by atoms with van der Waals surface area (Å²) in [4.78, 5) is 17.4. The number of nitrogens with zero attached hydrogens (tertiary/aromatic N) is 2. The number of carbonyl (C=O) groups is 1. The van der Waals surface area contributed by atoms with Crippen molar-refractivity contribution in [2.24, 2.45) is 0 Å². The number of ether oxygens (including phenoxy) is 1. The molecule has 2 unspecified atom stereocenters. The lowest BCUT2D eigenvalue weighted by Crippen LogP contribution is -2.49. The van der Waals surface area contributed by atoms with Gasteiger partial charge in [0.25, 0.3) is 0 Å². The molecule has 0 aromatic heterocycles. The highest BCUT2D eigenvalue weighted by Gasteiger charge is 2.32. The Morgan fingerprint density at radius 1 is 1.16 bits per heavy atom. The van der Waals surface area contributed by atoms with E-state index < -0.39 is 0 Å². The summed E-state index contributed by atoms with van der Waals surface area (Å²) in [5.41, 5.74) is 1.20. The maximum atomic E-state index is 12.8. The van der Waals surface area contributed by atoms with E-state index >= 15 is 0 Å². The molecule has 5 nitrogen and oxygen atoms in total. The summed E-state index contributed by atoms with van der Waals surface area (Å²) in [6.07, 6.45) is 2.68. The zero-order valence-electron chi connectivity index (χ0n) is 14.7. The maximum absolute atomic E-state index is 12.8. The highest BCUT2D eigenvalue weighted by atomic mass is 35.5. The second kappa shape index (κ2) is 8.39. The molecule has 3 heterocycles. The van der Waals surface area contributed by atoms with Gasteiger partial charge in [-0.15, -0.1) is 12.4 Å². The van der Waals surface area contributed by atoms with Crippen LogP contribution in [0.5, 0.6) is 5.75 Å². The third kappa shape index (κ3) is 4.10. The first kappa shape index (κ1) is 18.5. The van der Waals surface area contributed by atoms with Crippen LogP contribution < -0.4 is 10.1 Å². The second-order valence-electron chi connectivity index (χ2n) is 7.14. The van der Waals surface area contributed by atoms with E-state index in [0.29, 0.717) is 24.3 Å². The SMILES string of the molecule is Cl.O=C(CC1CCOc2ccccc21)N1CCC(N2CCNCC2)C1. The van der Waals surface area contributed by atoms with Crippen molar-refractivity contribution in [3.63, 3.8) is 0 Å². The molecule has 0 bridgehead atoms. The number of piperazine rings is 1. The fourth-order valence-corrected chi connectivity index (χ4v) is 4.28. The molecule has 2 saturated heterocycles. The molecule has 3 aliphatic heterocycles. The van der Waals surface area contributed by atoms with Gasteiger partial charge in [-0.2, -0.15) is 0 Å². The summed E-state index contributed by atoms with van der Waals surface area (Å²) >= 11 is 0. The van der Waals surface area contributed by atoms with Gasteiger partial charge in [0.05, 0.1) is 6.61 Å². The normalized spacial score (nSPS) is 26.5. The van der Waals surface area contributed by atoms with Crippen molar-refractivity contribution in [3.05, 3.63) is 29.8 Å². The van der Waals surface area contributed by atoms with Crippen LogP contribution in [0.2, 0.25) is 0 Å². The largest absolute Gasteiger partial charge is 0.493 e. The summed E-state index contributed by atoms with van der Waals surface area (Å²) in [5, 5.41) is 3.40. The Morgan fingerprint density at radius 2 is 1.96 bits per heavy atom. The zero-order chi connectivity index (χ0) is 16.4. The number of rotatable bonds is 3. The van der Waals surface area contributed by atoms with Crippen molar-refractivity contribution in [2.45, 2.75) is 31.2 Å². The average Bonchev–Trinajstić information content (AvgIpc) is 3.13. The maximum Gasteiger partial charge on any atom is 0.223 e. The lowest BCUT2D eigenvalue weighted by molar-refractivity contribution is -0.130. The summed E-state index contributed by atoms with van der Waals surface area (Å²) in [6, 6.07) is 8.73. The van der Waals surface area contributed by atoms with Crippen LogP contribution >= 0.6 is 12.4 Å². The van der Waals surface area contributed by atoms with Gasteiger partial charge in [-0.1, -0.05) is 18.2 Å². The van der Waals surface area contributed by atoms with Gasteiger partial charge in [0.15, 0.2) is 0 Å². The minimum absolute atomic E-state index is 0. The van der Waals surface area contributed by atoms with Gasteiger partial charge < -0.3 is 15.0 Å². The van der Waals surface area contributed by atoms with Crippen LogP contribution in [0.4, 0.5) is 0 Å². The van der Waals surface area contributed by atoms with Crippen molar-refractivity contribution in [3.8, 4) is 5.75 Å². The second-order valence-corrected chi connectivity index (χ2v) is 7.14. The van der Waals surface area contributed by atoms with Crippen LogP contribution in [0, 0.1) is 0 Å². The van der Waals surface area contributed by atoms with Gasteiger partial charge in [-0.3, -0.25) is 9.69 Å². The Morgan fingerprint density at radius 3 is 2.80 bits per heavy atom. The summed E-state index contributed by atoms with van der Waals surface area (Å²) in [6.45, 7) is 6.91. The van der Waals surface area contributed by atoms with E-state index in [4.69, 9.17) is 4.74 Å². The molecule has 3 aliphatic rings. The fourth-order valence-electron chi connectivity index (χ4n) is 4.28. The van der Waals surface area contributed by atoms with Gasteiger partial charge in [0.2, 0.25) is 5.91 Å². The molecule has 2 atom stereocenters. The van der Waals surface area contributed by atoms with E-state index in [2.05, 4.69) is 21.2 Å². The van der Waals surface area contributed by atoms with Crippen LogP contribution in [0.15, 0.2) is 24.3 Å². The third-order valence-electron chi connectivity index (χ3n) is 5.69. The molecule has 1 aromatic carbocycles. The number of hydrogen-bond acceptors (Lipinski definition) is 4. The van der Waals surface area contributed by atoms with E-state index in [0.717, 1.165) is 64.5 Å². The Labute approximate surface area is 156 Å². The van der Waals surface area contributed by atoms with E-state index in [1.54, 1.807) is 0 Å². The highest BCUT2D eigenvalue weighted by Crippen LogP contribution is 2.36. The number of para-hydroxylation sites is 1. The highest BCUT2D eigenvalue weighted by molar-refractivity contribution is 5.85. The first-order chi connectivity index (χ1) is 11.8. The zero-order valence-corrected chi connectivity index (χ0v) is 15.5. The van der Waals surface area contributed by atoms with Crippen LogP contribution in [0.3, 0.4) is 0 Å². The Bertz CT molecular complexity index is 592. The first-order valence-electron chi connectivity index (χ1n) is 9.25. The number of fused-ring (bicyclic) bond motifs is 1. The predicted octanol–water partition coefficient (Wildman–Crippen LogP) is 1.87. The topological polar surface area (TPSA) is 44.8 Å². The van der Waals surface area contributed by atoms with Crippen LogP contribution in [-0.2, 0) is 4.79 Å². The van der Waals surface area contributed by atoms with Crippen molar-refractivity contribution in [1.29, 1.82) is 0 Å². The number of halogens is 1. The molecule has 0 radical (unpaired) electrons. The molecule has 25 heavy (non-hydrogen) atoms. The molecular weight excluding hydrogens is 338 g/mol. The van der Waals surface area contributed by atoms with E-state index in [1.807, 2.05) is 18.2 Å². The number of nitrogens with one attached hydrogen (secondary N) is 1. The van der Waals surface area contributed by atoms with Crippen molar-refractivity contribution in [1.82, 2.24) is 15.1 Å². The van der Waals surface area contributed by atoms with Crippen molar-refractivity contribution >= 4 is 18.3 Å². The molecule has 2 fully saturated rings. The standard InChI is InChI=1S/C19H27N3O2.ClH/c23-19(13-15-6-12-24-18-4-2-1-3-17(15)18)22-9-5-16(14-22)21-10-7-20-8-11-21;/h1-4,15-16,20H,5-14H2;1H. The molecule has 1 aromatic rings. The quantitative estimate of drug-likeness (QED) is 0.888. The number of amides is 1. The van der Waals surface area contributed by atoms with E-state index in [1.165, 1.54) is 5.56 Å². The van der Waals surface area contributed by atoms with Gasteiger partial charge in [-0.25, -0.2) is 0 Å². The molecule has 0 aliphatic carbocycles. The minimum Gasteiger partial charge on any atom is -0.493 e. The summed E-state index contributed by atoms with van der Waals surface area (Å²) in [7, 11) is 0. The number of carbonyl (C=O) groups excluding carboxylic acids is 1. The number of likely N-dealkylation sites (tertiary alicyclic amines) is 1.